The summed E-state index contributed by atoms with van der Waals surface area (Å²) >= 11 is 1.90. The minimum atomic E-state index is -0.0931. The maximum absolute atomic E-state index is 12.8. The molecule has 0 aliphatic carbocycles. The van der Waals surface area contributed by atoms with Crippen molar-refractivity contribution in [2.75, 3.05) is 25.4 Å². The molecule has 0 bridgehead atoms. The number of thioether (sulfide) groups is 1. The van der Waals surface area contributed by atoms with Gasteiger partial charge >= 0.3 is 0 Å². The number of likely N-dealkylation sites (tertiary alicyclic amines) is 1. The molecule has 0 N–H and O–H groups in total. The van der Waals surface area contributed by atoms with E-state index < -0.39 is 0 Å². The Morgan fingerprint density at radius 1 is 1.12 bits per heavy atom. The summed E-state index contributed by atoms with van der Waals surface area (Å²) in [6.45, 7) is 8.35. The summed E-state index contributed by atoms with van der Waals surface area (Å²) < 4.78 is 0. The second kappa shape index (κ2) is 7.40. The molecule has 2 fully saturated rings. The minimum Gasteiger partial charge on any atom is -0.338 e. The van der Waals surface area contributed by atoms with E-state index in [4.69, 9.17) is 0 Å². The van der Waals surface area contributed by atoms with E-state index in [-0.39, 0.29) is 22.6 Å². The third-order valence-electron chi connectivity index (χ3n) is 5.38. The van der Waals surface area contributed by atoms with Gasteiger partial charge in [-0.25, -0.2) is 0 Å². The molecule has 1 spiro atoms. The zero-order valence-corrected chi connectivity index (χ0v) is 16.3. The minimum absolute atomic E-state index is 0.0346. The molecule has 4 nitrogen and oxygen atoms in total. The lowest BCUT2D eigenvalue weighted by Crippen LogP contribution is -2.54. The average molecular weight is 361 g/mol. The van der Waals surface area contributed by atoms with Crippen molar-refractivity contribution in [1.29, 1.82) is 0 Å². The monoisotopic (exact) mass is 360 g/mol. The van der Waals surface area contributed by atoms with Crippen LogP contribution in [0.25, 0.3) is 0 Å². The van der Waals surface area contributed by atoms with Crippen molar-refractivity contribution < 1.29 is 9.59 Å². The Morgan fingerprint density at radius 2 is 1.76 bits per heavy atom. The van der Waals surface area contributed by atoms with Gasteiger partial charge in [0, 0.05) is 36.9 Å². The van der Waals surface area contributed by atoms with Crippen LogP contribution in [0.1, 0.15) is 49.5 Å². The van der Waals surface area contributed by atoms with Crippen LogP contribution in [0.15, 0.2) is 24.3 Å². The molecule has 2 aliphatic heterocycles. The van der Waals surface area contributed by atoms with Crippen LogP contribution in [0, 0.1) is 5.92 Å². The van der Waals surface area contributed by atoms with Gasteiger partial charge in [-0.2, -0.15) is 0 Å². The fraction of sp³-hybridized carbons (Fsp3) is 0.600. The topological polar surface area (TPSA) is 40.6 Å². The first-order valence-corrected chi connectivity index (χ1v) is 10.3. The second-order valence-electron chi connectivity index (χ2n) is 7.28. The van der Waals surface area contributed by atoms with Crippen molar-refractivity contribution in [2.24, 2.45) is 5.92 Å². The van der Waals surface area contributed by atoms with Gasteiger partial charge in [0.1, 0.15) is 0 Å². The Hall–Kier alpha value is -1.49. The highest BCUT2D eigenvalue weighted by Gasteiger charge is 2.47. The van der Waals surface area contributed by atoms with Gasteiger partial charge in [-0.1, -0.05) is 32.9 Å². The quantitative estimate of drug-likeness (QED) is 0.829. The lowest BCUT2D eigenvalue weighted by atomic mass is 9.99. The zero-order valence-electron chi connectivity index (χ0n) is 15.5. The highest BCUT2D eigenvalue weighted by molar-refractivity contribution is 8.00. The van der Waals surface area contributed by atoms with Gasteiger partial charge in [-0.3, -0.25) is 9.59 Å². The van der Waals surface area contributed by atoms with Crippen LogP contribution in [0.3, 0.4) is 0 Å². The van der Waals surface area contributed by atoms with E-state index in [2.05, 4.69) is 11.8 Å². The molecule has 0 aromatic heterocycles. The predicted molar refractivity (Wildman–Crippen MR) is 103 cm³/mol. The van der Waals surface area contributed by atoms with Crippen LogP contribution >= 0.6 is 11.8 Å². The third kappa shape index (κ3) is 3.57. The number of benzene rings is 1. The number of carbonyl (C=O) groups excluding carboxylic acids is 2. The largest absolute Gasteiger partial charge is 0.338 e. The van der Waals surface area contributed by atoms with Crippen molar-refractivity contribution in [3.63, 3.8) is 0 Å². The number of aryl methyl sites for hydroxylation is 1. The first-order valence-electron chi connectivity index (χ1n) is 9.30. The Labute approximate surface area is 154 Å². The molecule has 2 amide bonds. The number of hydrogen-bond donors (Lipinski definition) is 0. The van der Waals surface area contributed by atoms with Crippen LogP contribution in [0.2, 0.25) is 0 Å². The molecule has 2 aliphatic rings. The summed E-state index contributed by atoms with van der Waals surface area (Å²) in [5.41, 5.74) is 2.02. The first kappa shape index (κ1) is 18.3. The van der Waals surface area contributed by atoms with Gasteiger partial charge in [-0.15, -0.1) is 11.8 Å². The van der Waals surface area contributed by atoms with E-state index in [9.17, 15) is 9.59 Å². The number of nitrogens with zero attached hydrogens (tertiary/aromatic N) is 2. The third-order valence-corrected chi connectivity index (χ3v) is 6.93. The predicted octanol–water partition coefficient (Wildman–Crippen LogP) is 3.41. The molecular formula is C20H28N2O2S. The Bertz CT molecular complexity index is 634. The summed E-state index contributed by atoms with van der Waals surface area (Å²) in [6.07, 6.45) is 2.72. The van der Waals surface area contributed by atoms with Gasteiger partial charge in [0.25, 0.3) is 5.91 Å². The number of carbonyl (C=O) groups is 2. The van der Waals surface area contributed by atoms with E-state index in [1.54, 1.807) is 0 Å². The summed E-state index contributed by atoms with van der Waals surface area (Å²) in [7, 11) is 0. The highest BCUT2D eigenvalue weighted by atomic mass is 32.2. The van der Waals surface area contributed by atoms with E-state index in [1.165, 1.54) is 5.56 Å². The Morgan fingerprint density at radius 3 is 2.32 bits per heavy atom. The number of amides is 2. The fourth-order valence-electron chi connectivity index (χ4n) is 3.77. The number of piperidine rings is 1. The standard InChI is InChI=1S/C20H28N2O2S/c1-4-16-5-7-17(8-6-16)19(24)21-11-9-20(10-12-21)22(13-14-25-20)18(23)15(2)3/h5-8,15H,4,9-14H2,1-3H3. The Kier molecular flexibility index (Phi) is 5.42. The molecule has 0 radical (unpaired) electrons. The second-order valence-corrected chi connectivity index (χ2v) is 8.74. The molecule has 0 atom stereocenters. The molecule has 1 aromatic rings. The molecule has 2 heterocycles. The summed E-state index contributed by atoms with van der Waals surface area (Å²) in [4.78, 5) is 29.3. The van der Waals surface area contributed by atoms with Crippen LogP contribution in [0.5, 0.6) is 0 Å². The molecular weight excluding hydrogens is 332 g/mol. The van der Waals surface area contributed by atoms with Crippen molar-refractivity contribution in [1.82, 2.24) is 9.80 Å². The number of rotatable bonds is 3. The van der Waals surface area contributed by atoms with Crippen molar-refractivity contribution in [2.45, 2.75) is 44.9 Å². The van der Waals surface area contributed by atoms with Crippen molar-refractivity contribution >= 4 is 23.6 Å². The fourth-order valence-corrected chi connectivity index (χ4v) is 5.23. The summed E-state index contributed by atoms with van der Waals surface area (Å²) in [5, 5.41) is 0. The first-order chi connectivity index (χ1) is 12.0. The SMILES string of the molecule is CCc1ccc(C(=O)N2CCC3(CC2)SCCN3C(=O)C(C)C)cc1. The van der Waals surface area contributed by atoms with Crippen LogP contribution in [-0.4, -0.2) is 51.9 Å². The van der Waals surface area contributed by atoms with Crippen LogP contribution < -0.4 is 0 Å². The van der Waals surface area contributed by atoms with E-state index >= 15 is 0 Å². The maximum Gasteiger partial charge on any atom is 0.253 e. The van der Waals surface area contributed by atoms with E-state index in [0.29, 0.717) is 0 Å². The molecule has 25 heavy (non-hydrogen) atoms. The summed E-state index contributed by atoms with van der Waals surface area (Å²) in [6, 6.07) is 7.94. The van der Waals surface area contributed by atoms with Crippen LogP contribution in [0.4, 0.5) is 0 Å². The lowest BCUT2D eigenvalue weighted by molar-refractivity contribution is -0.137. The molecule has 1 aromatic carbocycles. The molecule has 136 valence electrons. The van der Waals surface area contributed by atoms with Gasteiger partial charge in [-0.05, 0) is 37.0 Å². The van der Waals surface area contributed by atoms with Gasteiger partial charge in [0.05, 0.1) is 4.87 Å². The number of hydrogen-bond acceptors (Lipinski definition) is 3. The zero-order chi connectivity index (χ0) is 18.0. The van der Waals surface area contributed by atoms with Gasteiger partial charge in [0.2, 0.25) is 5.91 Å². The van der Waals surface area contributed by atoms with Crippen molar-refractivity contribution in [3.05, 3.63) is 35.4 Å². The van der Waals surface area contributed by atoms with E-state index in [0.717, 1.165) is 50.2 Å². The van der Waals surface area contributed by atoms with Crippen molar-refractivity contribution in [3.8, 4) is 0 Å². The Balaban J connectivity index is 1.66. The average Bonchev–Trinajstić information content (AvgIpc) is 3.04. The molecule has 3 rings (SSSR count). The van der Waals surface area contributed by atoms with E-state index in [1.807, 2.05) is 54.8 Å². The maximum atomic E-state index is 12.8. The molecule has 0 saturated carbocycles. The molecule has 5 heteroatoms. The lowest BCUT2D eigenvalue weighted by Gasteiger charge is -2.44. The molecule has 2 saturated heterocycles. The highest BCUT2D eigenvalue weighted by Crippen LogP contribution is 2.44. The normalized spacial score (nSPS) is 19.7. The summed E-state index contributed by atoms with van der Waals surface area (Å²) in [5.74, 6) is 1.40. The van der Waals surface area contributed by atoms with Gasteiger partial charge in [0.15, 0.2) is 0 Å². The smallest absolute Gasteiger partial charge is 0.253 e. The molecule has 0 unspecified atom stereocenters. The van der Waals surface area contributed by atoms with Gasteiger partial charge < -0.3 is 9.80 Å². The van der Waals surface area contributed by atoms with Crippen LogP contribution in [-0.2, 0) is 11.2 Å².